The maximum absolute atomic E-state index is 12.2. The SMILES string of the molecule is Cc1ccc(C(CNC(=O)COc2ccccc2)N2CCCC2)cc1. The highest BCUT2D eigenvalue weighted by Crippen LogP contribution is 2.24. The molecule has 4 nitrogen and oxygen atoms in total. The summed E-state index contributed by atoms with van der Waals surface area (Å²) in [7, 11) is 0. The molecule has 1 aliphatic rings. The van der Waals surface area contributed by atoms with Gasteiger partial charge in [0.15, 0.2) is 6.61 Å². The highest BCUT2D eigenvalue weighted by atomic mass is 16.5. The van der Waals surface area contributed by atoms with Crippen molar-refractivity contribution in [3.63, 3.8) is 0 Å². The summed E-state index contributed by atoms with van der Waals surface area (Å²) < 4.78 is 5.52. The van der Waals surface area contributed by atoms with Crippen LogP contribution in [0.5, 0.6) is 5.75 Å². The summed E-state index contributed by atoms with van der Waals surface area (Å²) in [5.74, 6) is 0.632. The van der Waals surface area contributed by atoms with Crippen molar-refractivity contribution < 1.29 is 9.53 Å². The molecule has 0 aliphatic carbocycles. The molecule has 25 heavy (non-hydrogen) atoms. The van der Waals surface area contributed by atoms with Crippen molar-refractivity contribution in [2.45, 2.75) is 25.8 Å². The second kappa shape index (κ2) is 8.67. The van der Waals surface area contributed by atoms with Gasteiger partial charge in [-0.3, -0.25) is 9.69 Å². The number of likely N-dealkylation sites (tertiary alicyclic amines) is 1. The van der Waals surface area contributed by atoms with Crippen LogP contribution in [-0.2, 0) is 4.79 Å². The number of ether oxygens (including phenoxy) is 1. The monoisotopic (exact) mass is 338 g/mol. The minimum absolute atomic E-state index is 0.0463. The highest BCUT2D eigenvalue weighted by Gasteiger charge is 2.23. The minimum atomic E-state index is -0.0832. The lowest BCUT2D eigenvalue weighted by molar-refractivity contribution is -0.123. The van der Waals surface area contributed by atoms with Gasteiger partial charge in [0.25, 0.3) is 5.91 Å². The molecule has 2 aromatic carbocycles. The lowest BCUT2D eigenvalue weighted by Crippen LogP contribution is -2.38. The van der Waals surface area contributed by atoms with Gasteiger partial charge in [-0.05, 0) is 50.6 Å². The summed E-state index contributed by atoms with van der Waals surface area (Å²) in [5.41, 5.74) is 2.51. The third-order valence-electron chi connectivity index (χ3n) is 4.65. The lowest BCUT2D eigenvalue weighted by atomic mass is 10.0. The molecule has 0 radical (unpaired) electrons. The molecule has 0 aromatic heterocycles. The van der Waals surface area contributed by atoms with Gasteiger partial charge in [0.1, 0.15) is 5.75 Å². The zero-order valence-electron chi connectivity index (χ0n) is 14.8. The highest BCUT2D eigenvalue weighted by molar-refractivity contribution is 5.77. The van der Waals surface area contributed by atoms with Crippen LogP contribution in [0.2, 0.25) is 0 Å². The predicted octanol–water partition coefficient (Wildman–Crippen LogP) is 3.33. The van der Waals surface area contributed by atoms with E-state index in [2.05, 4.69) is 41.4 Å². The number of nitrogens with one attached hydrogen (secondary N) is 1. The number of amides is 1. The van der Waals surface area contributed by atoms with Gasteiger partial charge in [-0.2, -0.15) is 0 Å². The number of hydrogen-bond donors (Lipinski definition) is 1. The number of carbonyl (C=O) groups excluding carboxylic acids is 1. The average Bonchev–Trinajstić information content (AvgIpc) is 3.17. The lowest BCUT2D eigenvalue weighted by Gasteiger charge is -2.28. The van der Waals surface area contributed by atoms with Crippen LogP contribution >= 0.6 is 0 Å². The molecule has 1 heterocycles. The van der Waals surface area contributed by atoms with Gasteiger partial charge >= 0.3 is 0 Å². The van der Waals surface area contributed by atoms with E-state index < -0.39 is 0 Å². The zero-order valence-corrected chi connectivity index (χ0v) is 14.8. The second-order valence-electron chi connectivity index (χ2n) is 6.58. The first-order chi connectivity index (χ1) is 12.2. The molecular weight excluding hydrogens is 312 g/mol. The fraction of sp³-hybridized carbons (Fsp3) is 0.381. The van der Waals surface area contributed by atoms with Gasteiger partial charge in [0.2, 0.25) is 0 Å². The maximum Gasteiger partial charge on any atom is 0.258 e. The van der Waals surface area contributed by atoms with Gasteiger partial charge in [-0.15, -0.1) is 0 Å². The van der Waals surface area contributed by atoms with Crippen LogP contribution in [-0.4, -0.2) is 37.0 Å². The van der Waals surface area contributed by atoms with Crippen molar-refractivity contribution in [3.05, 3.63) is 65.7 Å². The van der Waals surface area contributed by atoms with Crippen LogP contribution < -0.4 is 10.1 Å². The van der Waals surface area contributed by atoms with Crippen molar-refractivity contribution in [1.29, 1.82) is 0 Å². The van der Waals surface area contributed by atoms with Gasteiger partial charge in [0.05, 0.1) is 6.04 Å². The number of carbonyl (C=O) groups is 1. The Labute approximate surface area is 149 Å². The number of hydrogen-bond acceptors (Lipinski definition) is 3. The van der Waals surface area contributed by atoms with Gasteiger partial charge < -0.3 is 10.1 Å². The van der Waals surface area contributed by atoms with Gasteiger partial charge in [-0.1, -0.05) is 48.0 Å². The Balaban J connectivity index is 1.56. The summed E-state index contributed by atoms with van der Waals surface area (Å²) in [6.07, 6.45) is 2.46. The van der Waals surface area contributed by atoms with Crippen LogP contribution in [0.25, 0.3) is 0 Å². The van der Waals surface area contributed by atoms with Crippen molar-refractivity contribution in [3.8, 4) is 5.75 Å². The molecule has 1 N–H and O–H groups in total. The van der Waals surface area contributed by atoms with Crippen molar-refractivity contribution >= 4 is 5.91 Å². The maximum atomic E-state index is 12.2. The van der Waals surface area contributed by atoms with E-state index in [0.717, 1.165) is 13.1 Å². The molecular formula is C21H26N2O2. The molecule has 1 unspecified atom stereocenters. The first kappa shape index (κ1) is 17.5. The van der Waals surface area contributed by atoms with Crippen LogP contribution in [0.3, 0.4) is 0 Å². The van der Waals surface area contributed by atoms with E-state index in [4.69, 9.17) is 4.74 Å². The first-order valence-corrected chi connectivity index (χ1v) is 8.97. The van der Waals surface area contributed by atoms with Crippen molar-refractivity contribution in [2.24, 2.45) is 0 Å². The summed E-state index contributed by atoms with van der Waals surface area (Å²) in [6.45, 7) is 4.94. The van der Waals surface area contributed by atoms with E-state index in [1.165, 1.54) is 24.0 Å². The van der Waals surface area contributed by atoms with Crippen molar-refractivity contribution in [2.75, 3.05) is 26.2 Å². The average molecular weight is 338 g/mol. The van der Waals surface area contributed by atoms with Crippen molar-refractivity contribution in [1.82, 2.24) is 10.2 Å². The fourth-order valence-corrected chi connectivity index (χ4v) is 3.23. The quantitative estimate of drug-likeness (QED) is 0.842. The predicted molar refractivity (Wildman–Crippen MR) is 99.7 cm³/mol. The van der Waals surface area contributed by atoms with Crippen LogP contribution in [0.1, 0.15) is 30.0 Å². The van der Waals surface area contributed by atoms with E-state index in [-0.39, 0.29) is 18.6 Å². The largest absolute Gasteiger partial charge is 0.484 e. The van der Waals surface area contributed by atoms with Gasteiger partial charge in [0, 0.05) is 6.54 Å². The molecule has 1 fully saturated rings. The van der Waals surface area contributed by atoms with Crippen LogP contribution in [0, 0.1) is 6.92 Å². The number of benzene rings is 2. The Bertz CT molecular complexity index is 664. The van der Waals surface area contributed by atoms with E-state index >= 15 is 0 Å². The van der Waals surface area contributed by atoms with E-state index in [1.807, 2.05) is 30.3 Å². The third-order valence-corrected chi connectivity index (χ3v) is 4.65. The smallest absolute Gasteiger partial charge is 0.258 e. The zero-order chi connectivity index (χ0) is 17.5. The molecule has 2 aromatic rings. The van der Waals surface area contributed by atoms with E-state index in [9.17, 15) is 4.79 Å². The third kappa shape index (κ3) is 5.07. The minimum Gasteiger partial charge on any atom is -0.484 e. The fourth-order valence-electron chi connectivity index (χ4n) is 3.23. The number of rotatable bonds is 7. The van der Waals surface area contributed by atoms with Gasteiger partial charge in [-0.25, -0.2) is 0 Å². The first-order valence-electron chi connectivity index (χ1n) is 8.97. The Morgan fingerprint density at radius 1 is 1.08 bits per heavy atom. The van der Waals surface area contributed by atoms with E-state index in [0.29, 0.717) is 12.3 Å². The van der Waals surface area contributed by atoms with E-state index in [1.54, 1.807) is 0 Å². The Kier molecular flexibility index (Phi) is 6.07. The molecule has 1 amide bonds. The molecule has 0 saturated carbocycles. The molecule has 0 spiro atoms. The Hall–Kier alpha value is -2.33. The number of nitrogens with zero attached hydrogens (tertiary/aromatic N) is 1. The molecule has 4 heteroatoms. The molecule has 0 bridgehead atoms. The van der Waals surface area contributed by atoms with Crippen LogP contribution in [0.4, 0.5) is 0 Å². The summed E-state index contributed by atoms with van der Waals surface area (Å²) in [5, 5.41) is 3.04. The number of aryl methyl sites for hydroxylation is 1. The molecule has 1 atom stereocenters. The molecule has 1 saturated heterocycles. The number of para-hydroxylation sites is 1. The normalized spacial score (nSPS) is 15.7. The second-order valence-corrected chi connectivity index (χ2v) is 6.58. The molecule has 3 rings (SSSR count). The molecule has 1 aliphatic heterocycles. The summed E-state index contributed by atoms with van der Waals surface area (Å²) >= 11 is 0. The van der Waals surface area contributed by atoms with Crippen LogP contribution in [0.15, 0.2) is 54.6 Å². The Morgan fingerprint density at radius 2 is 1.76 bits per heavy atom. The summed E-state index contributed by atoms with van der Waals surface area (Å²) in [4.78, 5) is 14.6. The Morgan fingerprint density at radius 3 is 2.44 bits per heavy atom. The molecule has 132 valence electrons. The summed E-state index contributed by atoms with van der Waals surface area (Å²) in [6, 6.07) is 18.3. The topological polar surface area (TPSA) is 41.6 Å². The standard InChI is InChI=1S/C21H26N2O2/c1-17-9-11-18(12-10-17)20(23-13-5-6-14-23)15-22-21(24)16-25-19-7-3-2-4-8-19/h2-4,7-12,20H,5-6,13-16H2,1H3,(H,22,24).